The monoisotopic (exact) mass is 393 g/mol. The summed E-state index contributed by atoms with van der Waals surface area (Å²) in [5.41, 5.74) is 3.95. The van der Waals surface area contributed by atoms with Gasteiger partial charge in [-0.05, 0) is 57.5 Å². The molecule has 29 heavy (non-hydrogen) atoms. The van der Waals surface area contributed by atoms with E-state index in [1.807, 2.05) is 19.1 Å². The van der Waals surface area contributed by atoms with Crippen LogP contribution in [0.4, 0.5) is 27.4 Å². The molecule has 2 aromatic carbocycles. The molecular weight excluding hydrogens is 365 g/mol. The van der Waals surface area contributed by atoms with Crippen LogP contribution in [0.2, 0.25) is 0 Å². The summed E-state index contributed by atoms with van der Waals surface area (Å²) >= 11 is 0. The molecule has 0 unspecified atom stereocenters. The number of halogens is 1. The molecule has 0 aliphatic rings. The van der Waals surface area contributed by atoms with Gasteiger partial charge < -0.3 is 15.5 Å². The number of hydrogen-bond donors (Lipinski definition) is 2. The van der Waals surface area contributed by atoms with E-state index in [-0.39, 0.29) is 5.82 Å². The second kappa shape index (κ2) is 9.37. The van der Waals surface area contributed by atoms with Crippen molar-refractivity contribution in [2.24, 2.45) is 0 Å². The van der Waals surface area contributed by atoms with E-state index < -0.39 is 0 Å². The first-order valence-corrected chi connectivity index (χ1v) is 9.95. The predicted molar refractivity (Wildman–Crippen MR) is 119 cm³/mol. The van der Waals surface area contributed by atoms with E-state index in [2.05, 4.69) is 64.5 Å². The molecule has 0 atom stereocenters. The molecule has 0 spiro atoms. The summed E-state index contributed by atoms with van der Waals surface area (Å²) < 4.78 is 13.8. The van der Waals surface area contributed by atoms with Crippen LogP contribution in [0.25, 0.3) is 0 Å². The van der Waals surface area contributed by atoms with E-state index in [4.69, 9.17) is 0 Å². The molecule has 152 valence electrons. The SMILES string of the molecule is CCN(CC)c1ccc(Nc2cc(NCc3ccccc3F)nc(C)n2)c(C)c1. The minimum atomic E-state index is -0.229. The van der Waals surface area contributed by atoms with Crippen LogP contribution in [0, 0.1) is 19.7 Å². The molecule has 0 radical (unpaired) electrons. The number of benzene rings is 2. The van der Waals surface area contributed by atoms with Gasteiger partial charge >= 0.3 is 0 Å². The van der Waals surface area contributed by atoms with Crippen LogP contribution >= 0.6 is 0 Å². The zero-order chi connectivity index (χ0) is 20.8. The van der Waals surface area contributed by atoms with Crippen LogP contribution in [0.5, 0.6) is 0 Å². The number of nitrogens with zero attached hydrogens (tertiary/aromatic N) is 3. The van der Waals surface area contributed by atoms with E-state index in [1.165, 1.54) is 11.8 Å². The van der Waals surface area contributed by atoms with Crippen LogP contribution in [-0.4, -0.2) is 23.1 Å². The second-order valence-electron chi connectivity index (χ2n) is 6.93. The lowest BCUT2D eigenvalue weighted by Crippen LogP contribution is -2.21. The summed E-state index contributed by atoms with van der Waals surface area (Å²) in [6.45, 7) is 10.6. The third-order valence-corrected chi connectivity index (χ3v) is 4.86. The van der Waals surface area contributed by atoms with Gasteiger partial charge in [-0.25, -0.2) is 14.4 Å². The highest BCUT2D eigenvalue weighted by molar-refractivity contribution is 5.66. The van der Waals surface area contributed by atoms with Crippen molar-refractivity contribution in [1.29, 1.82) is 0 Å². The van der Waals surface area contributed by atoms with E-state index >= 15 is 0 Å². The first-order valence-electron chi connectivity index (χ1n) is 9.95. The Morgan fingerprint density at radius 2 is 1.66 bits per heavy atom. The van der Waals surface area contributed by atoms with Crippen LogP contribution < -0.4 is 15.5 Å². The summed E-state index contributed by atoms with van der Waals surface area (Å²) in [5, 5.41) is 6.57. The standard InChI is InChI=1S/C23H28FN5/c1-5-29(6-2)19-11-12-21(16(3)13-19)28-23-14-22(26-17(4)27-23)25-15-18-9-7-8-10-20(18)24/h7-14H,5-6,15H2,1-4H3,(H2,25,26,27,28). The van der Waals surface area contributed by atoms with Crippen molar-refractivity contribution in [2.45, 2.75) is 34.2 Å². The molecule has 1 aromatic heterocycles. The highest BCUT2D eigenvalue weighted by atomic mass is 19.1. The van der Waals surface area contributed by atoms with Crippen molar-refractivity contribution in [3.05, 3.63) is 71.3 Å². The number of nitrogens with one attached hydrogen (secondary N) is 2. The minimum absolute atomic E-state index is 0.229. The third kappa shape index (κ3) is 5.22. The first-order chi connectivity index (χ1) is 14.0. The molecule has 5 nitrogen and oxygen atoms in total. The molecule has 0 amide bonds. The molecule has 3 aromatic rings. The summed E-state index contributed by atoms with van der Waals surface area (Å²) in [6.07, 6.45) is 0. The third-order valence-electron chi connectivity index (χ3n) is 4.86. The van der Waals surface area contributed by atoms with Crippen LogP contribution in [0.1, 0.15) is 30.8 Å². The number of anilines is 4. The highest BCUT2D eigenvalue weighted by Crippen LogP contribution is 2.26. The van der Waals surface area contributed by atoms with Crippen molar-refractivity contribution in [2.75, 3.05) is 28.6 Å². The van der Waals surface area contributed by atoms with Crippen molar-refractivity contribution in [3.63, 3.8) is 0 Å². The fraction of sp³-hybridized carbons (Fsp3) is 0.304. The van der Waals surface area contributed by atoms with Gasteiger partial charge in [0.2, 0.25) is 0 Å². The lowest BCUT2D eigenvalue weighted by molar-refractivity contribution is 0.613. The van der Waals surface area contributed by atoms with Gasteiger partial charge in [0.05, 0.1) is 0 Å². The Morgan fingerprint density at radius 3 is 2.34 bits per heavy atom. The quantitative estimate of drug-likeness (QED) is 0.534. The molecule has 0 saturated heterocycles. The van der Waals surface area contributed by atoms with Crippen LogP contribution in [-0.2, 0) is 6.54 Å². The molecule has 1 heterocycles. The second-order valence-corrected chi connectivity index (χ2v) is 6.93. The van der Waals surface area contributed by atoms with Gasteiger partial charge in [0.25, 0.3) is 0 Å². The smallest absolute Gasteiger partial charge is 0.136 e. The maximum absolute atomic E-state index is 13.8. The molecule has 6 heteroatoms. The summed E-state index contributed by atoms with van der Waals surface area (Å²) in [7, 11) is 0. The zero-order valence-electron chi connectivity index (χ0n) is 17.5. The molecular formula is C23H28FN5. The number of aromatic nitrogens is 2. The maximum Gasteiger partial charge on any atom is 0.136 e. The van der Waals surface area contributed by atoms with Crippen LogP contribution in [0.3, 0.4) is 0 Å². The molecule has 0 aliphatic carbocycles. The van der Waals surface area contributed by atoms with Gasteiger partial charge in [-0.3, -0.25) is 0 Å². The van der Waals surface area contributed by atoms with Crippen molar-refractivity contribution >= 4 is 23.0 Å². The average Bonchev–Trinajstić information content (AvgIpc) is 2.70. The van der Waals surface area contributed by atoms with E-state index in [0.717, 1.165) is 24.3 Å². The Kier molecular flexibility index (Phi) is 6.65. The molecule has 0 saturated carbocycles. The molecule has 3 rings (SSSR count). The summed E-state index contributed by atoms with van der Waals surface area (Å²) in [5.74, 6) is 1.77. The Bertz CT molecular complexity index is 969. The van der Waals surface area contributed by atoms with Gasteiger partial charge in [0.1, 0.15) is 23.3 Å². The number of hydrogen-bond acceptors (Lipinski definition) is 5. The van der Waals surface area contributed by atoms with Gasteiger partial charge in [-0.15, -0.1) is 0 Å². The fourth-order valence-corrected chi connectivity index (χ4v) is 3.26. The topological polar surface area (TPSA) is 53.1 Å². The number of rotatable bonds is 8. The van der Waals surface area contributed by atoms with Crippen LogP contribution in [0.15, 0.2) is 48.5 Å². The molecule has 0 aliphatic heterocycles. The Labute approximate surface area is 172 Å². The van der Waals surface area contributed by atoms with Gasteiger partial charge in [0, 0.05) is 42.6 Å². The number of aryl methyl sites for hydroxylation is 2. The molecule has 0 fully saturated rings. The average molecular weight is 394 g/mol. The fourth-order valence-electron chi connectivity index (χ4n) is 3.26. The predicted octanol–water partition coefficient (Wildman–Crippen LogP) is 5.43. The minimum Gasteiger partial charge on any atom is -0.372 e. The van der Waals surface area contributed by atoms with Gasteiger partial charge in [-0.2, -0.15) is 0 Å². The van der Waals surface area contributed by atoms with E-state index in [9.17, 15) is 4.39 Å². The van der Waals surface area contributed by atoms with E-state index in [1.54, 1.807) is 12.1 Å². The Balaban J connectivity index is 1.75. The summed E-state index contributed by atoms with van der Waals surface area (Å²) in [6, 6.07) is 14.9. The molecule has 2 N–H and O–H groups in total. The lowest BCUT2D eigenvalue weighted by atomic mass is 10.1. The van der Waals surface area contributed by atoms with Gasteiger partial charge in [-0.1, -0.05) is 18.2 Å². The Morgan fingerprint density at radius 1 is 0.931 bits per heavy atom. The summed E-state index contributed by atoms with van der Waals surface area (Å²) in [4.78, 5) is 11.2. The van der Waals surface area contributed by atoms with Crippen molar-refractivity contribution < 1.29 is 4.39 Å². The zero-order valence-corrected chi connectivity index (χ0v) is 17.5. The van der Waals surface area contributed by atoms with E-state index in [0.29, 0.717) is 29.6 Å². The highest BCUT2D eigenvalue weighted by Gasteiger charge is 2.08. The molecule has 0 bridgehead atoms. The first kappa shape index (κ1) is 20.6. The maximum atomic E-state index is 13.8. The largest absolute Gasteiger partial charge is 0.372 e. The van der Waals surface area contributed by atoms with Crippen molar-refractivity contribution in [1.82, 2.24) is 9.97 Å². The Hall–Kier alpha value is -3.15. The van der Waals surface area contributed by atoms with Crippen molar-refractivity contribution in [3.8, 4) is 0 Å². The normalized spacial score (nSPS) is 10.7. The van der Waals surface area contributed by atoms with Gasteiger partial charge in [0.15, 0.2) is 0 Å². The lowest BCUT2D eigenvalue weighted by Gasteiger charge is -2.22.